The third kappa shape index (κ3) is 6.11. The molecule has 1 aliphatic carbocycles. The summed E-state index contributed by atoms with van der Waals surface area (Å²) in [5, 5.41) is 3.40. The number of nitrogens with zero attached hydrogens (tertiary/aromatic N) is 2. The predicted molar refractivity (Wildman–Crippen MR) is 84.6 cm³/mol. The van der Waals surface area contributed by atoms with Gasteiger partial charge < -0.3 is 5.32 Å². The topological polar surface area (TPSA) is 62.3 Å². The van der Waals surface area contributed by atoms with Crippen LogP contribution < -0.4 is 5.32 Å². The molecule has 5 nitrogen and oxygen atoms in total. The second-order valence-corrected chi connectivity index (χ2v) is 7.84. The molecular formula is C15H25N3O2S. The van der Waals surface area contributed by atoms with Crippen molar-refractivity contribution >= 4 is 10.0 Å². The molecule has 1 aliphatic rings. The van der Waals surface area contributed by atoms with Gasteiger partial charge in [0.15, 0.2) is 0 Å². The van der Waals surface area contributed by atoms with E-state index in [2.05, 4.69) is 10.3 Å². The molecule has 21 heavy (non-hydrogen) atoms. The highest BCUT2D eigenvalue weighted by atomic mass is 32.2. The standard InChI is InChI=1S/C15H25N3O2S/c1-18(12-9-14-6-2-3-10-16-14)21(19,20)13-5-4-11-17-15-7-8-15/h2-3,6,10,15,17H,4-5,7-9,11-13H2,1H3. The van der Waals surface area contributed by atoms with Gasteiger partial charge in [-0.3, -0.25) is 4.98 Å². The largest absolute Gasteiger partial charge is 0.314 e. The first-order valence-electron chi connectivity index (χ1n) is 7.65. The number of unbranched alkanes of at least 4 members (excludes halogenated alkanes) is 1. The van der Waals surface area contributed by atoms with Crippen LogP contribution in [0.1, 0.15) is 31.4 Å². The molecule has 6 heteroatoms. The number of rotatable bonds is 10. The molecule has 1 N–H and O–H groups in total. The van der Waals surface area contributed by atoms with Crippen molar-refractivity contribution in [3.63, 3.8) is 0 Å². The molecule has 0 aromatic carbocycles. The first-order chi connectivity index (χ1) is 10.1. The molecule has 2 rings (SSSR count). The maximum absolute atomic E-state index is 12.1. The van der Waals surface area contributed by atoms with Crippen LogP contribution in [0.5, 0.6) is 0 Å². The molecular weight excluding hydrogens is 286 g/mol. The average Bonchev–Trinajstić information content (AvgIpc) is 3.29. The predicted octanol–water partition coefficient (Wildman–Crippen LogP) is 1.42. The van der Waals surface area contributed by atoms with E-state index in [4.69, 9.17) is 0 Å². The molecule has 0 amide bonds. The highest BCUT2D eigenvalue weighted by Gasteiger charge is 2.20. The fourth-order valence-electron chi connectivity index (χ4n) is 2.12. The van der Waals surface area contributed by atoms with Crippen LogP contribution in [0.25, 0.3) is 0 Å². The monoisotopic (exact) mass is 311 g/mol. The van der Waals surface area contributed by atoms with Gasteiger partial charge in [-0.05, 0) is 44.4 Å². The lowest BCUT2D eigenvalue weighted by atomic mass is 10.3. The number of hydrogen-bond donors (Lipinski definition) is 1. The maximum atomic E-state index is 12.1. The number of likely N-dealkylation sites (N-methyl/N-ethyl adjacent to an activating group) is 1. The summed E-state index contributed by atoms with van der Waals surface area (Å²) < 4.78 is 25.7. The molecule has 1 fully saturated rings. The number of aromatic nitrogens is 1. The lowest BCUT2D eigenvalue weighted by molar-refractivity contribution is 0.468. The van der Waals surface area contributed by atoms with Gasteiger partial charge in [-0.2, -0.15) is 0 Å². The lowest BCUT2D eigenvalue weighted by Crippen LogP contribution is -2.31. The Balaban J connectivity index is 1.65. The molecule has 0 aliphatic heterocycles. The van der Waals surface area contributed by atoms with Crippen LogP contribution >= 0.6 is 0 Å². The normalized spacial score (nSPS) is 15.5. The summed E-state index contributed by atoms with van der Waals surface area (Å²) in [4.78, 5) is 4.21. The summed E-state index contributed by atoms with van der Waals surface area (Å²) in [6.45, 7) is 1.41. The van der Waals surface area contributed by atoms with Crippen molar-refractivity contribution in [1.82, 2.24) is 14.6 Å². The van der Waals surface area contributed by atoms with Crippen molar-refractivity contribution in [3.8, 4) is 0 Å². The Labute approximate surface area is 127 Å². The average molecular weight is 311 g/mol. The van der Waals surface area contributed by atoms with Gasteiger partial charge in [-0.25, -0.2) is 12.7 Å². The minimum Gasteiger partial charge on any atom is -0.314 e. The Morgan fingerprint density at radius 3 is 2.81 bits per heavy atom. The first kappa shape index (κ1) is 16.4. The van der Waals surface area contributed by atoms with Gasteiger partial charge >= 0.3 is 0 Å². The molecule has 0 spiro atoms. The summed E-state index contributed by atoms with van der Waals surface area (Å²) in [5.41, 5.74) is 0.924. The third-order valence-electron chi connectivity index (χ3n) is 3.72. The van der Waals surface area contributed by atoms with Crippen molar-refractivity contribution < 1.29 is 8.42 Å². The number of hydrogen-bond acceptors (Lipinski definition) is 4. The quantitative estimate of drug-likeness (QED) is 0.664. The SMILES string of the molecule is CN(CCc1ccccn1)S(=O)(=O)CCCCNC1CC1. The molecule has 1 aromatic heterocycles. The van der Waals surface area contributed by atoms with Gasteiger partial charge in [0.1, 0.15) is 0 Å². The Kier molecular flexibility index (Phi) is 6.14. The van der Waals surface area contributed by atoms with E-state index < -0.39 is 10.0 Å². The first-order valence-corrected chi connectivity index (χ1v) is 9.26. The van der Waals surface area contributed by atoms with Gasteiger partial charge in [0.05, 0.1) is 5.75 Å². The van der Waals surface area contributed by atoms with Gasteiger partial charge in [0.25, 0.3) is 0 Å². The summed E-state index contributed by atoms with van der Waals surface area (Å²) in [6, 6.07) is 6.40. The number of sulfonamides is 1. The van der Waals surface area contributed by atoms with Gasteiger partial charge in [-0.15, -0.1) is 0 Å². The van der Waals surface area contributed by atoms with E-state index in [1.165, 1.54) is 17.1 Å². The third-order valence-corrected chi connectivity index (χ3v) is 5.66. The fraction of sp³-hybridized carbons (Fsp3) is 0.667. The second kappa shape index (κ2) is 7.87. The van der Waals surface area contributed by atoms with Crippen LogP contribution in [-0.4, -0.2) is 49.6 Å². The maximum Gasteiger partial charge on any atom is 0.213 e. The summed E-state index contributed by atoms with van der Waals surface area (Å²) in [7, 11) is -1.48. The van der Waals surface area contributed by atoms with Crippen molar-refractivity contribution in [2.75, 3.05) is 25.9 Å². The van der Waals surface area contributed by atoms with E-state index in [0.717, 1.165) is 25.1 Å². The second-order valence-electron chi connectivity index (χ2n) is 5.64. The summed E-state index contributed by atoms with van der Waals surface area (Å²) >= 11 is 0. The van der Waals surface area contributed by atoms with Gasteiger partial charge in [0, 0.05) is 37.9 Å². The Hall–Kier alpha value is -0.980. The molecule has 0 radical (unpaired) electrons. The Morgan fingerprint density at radius 1 is 1.33 bits per heavy atom. The molecule has 118 valence electrons. The number of nitrogens with one attached hydrogen (secondary N) is 1. The molecule has 0 atom stereocenters. The number of pyridine rings is 1. The summed E-state index contributed by atoms with van der Waals surface area (Å²) in [5.74, 6) is 0.234. The molecule has 1 heterocycles. The molecule has 1 saturated carbocycles. The van der Waals surface area contributed by atoms with Gasteiger partial charge in [0.2, 0.25) is 10.0 Å². The zero-order chi connectivity index (χ0) is 15.1. The van der Waals surface area contributed by atoms with E-state index in [9.17, 15) is 8.42 Å². The highest BCUT2D eigenvalue weighted by molar-refractivity contribution is 7.89. The van der Waals surface area contributed by atoms with E-state index in [0.29, 0.717) is 19.0 Å². The van der Waals surface area contributed by atoms with E-state index in [1.54, 1.807) is 13.2 Å². The lowest BCUT2D eigenvalue weighted by Gasteiger charge is -2.16. The molecule has 0 bridgehead atoms. The van der Waals surface area contributed by atoms with E-state index in [1.807, 2.05) is 18.2 Å². The van der Waals surface area contributed by atoms with Crippen molar-refractivity contribution in [1.29, 1.82) is 0 Å². The van der Waals surface area contributed by atoms with Crippen LogP contribution in [0.3, 0.4) is 0 Å². The smallest absolute Gasteiger partial charge is 0.213 e. The van der Waals surface area contributed by atoms with E-state index in [-0.39, 0.29) is 5.75 Å². The van der Waals surface area contributed by atoms with E-state index >= 15 is 0 Å². The minimum absolute atomic E-state index is 0.234. The Bertz CT molecular complexity index is 515. The van der Waals surface area contributed by atoms with Crippen LogP contribution in [0.15, 0.2) is 24.4 Å². The molecule has 0 saturated heterocycles. The highest BCUT2D eigenvalue weighted by Crippen LogP contribution is 2.18. The fourth-order valence-corrected chi connectivity index (χ4v) is 3.37. The molecule has 1 aromatic rings. The van der Waals surface area contributed by atoms with Crippen LogP contribution in [0.2, 0.25) is 0 Å². The zero-order valence-corrected chi connectivity index (χ0v) is 13.5. The van der Waals surface area contributed by atoms with Crippen molar-refractivity contribution in [2.45, 2.75) is 38.1 Å². The van der Waals surface area contributed by atoms with Crippen LogP contribution in [0, 0.1) is 0 Å². The molecule has 0 unspecified atom stereocenters. The van der Waals surface area contributed by atoms with Crippen molar-refractivity contribution in [2.24, 2.45) is 0 Å². The van der Waals surface area contributed by atoms with Crippen LogP contribution in [0.4, 0.5) is 0 Å². The minimum atomic E-state index is -3.14. The Morgan fingerprint density at radius 2 is 2.14 bits per heavy atom. The van der Waals surface area contributed by atoms with Crippen LogP contribution in [-0.2, 0) is 16.4 Å². The van der Waals surface area contributed by atoms with Gasteiger partial charge in [-0.1, -0.05) is 6.07 Å². The van der Waals surface area contributed by atoms with Crippen molar-refractivity contribution in [3.05, 3.63) is 30.1 Å². The summed E-state index contributed by atoms with van der Waals surface area (Å²) in [6.07, 6.45) is 6.57. The zero-order valence-electron chi connectivity index (χ0n) is 12.7.